The van der Waals surface area contributed by atoms with Crippen molar-refractivity contribution in [2.24, 2.45) is 0 Å². The Hall–Kier alpha value is -0.960. The molecule has 0 amide bonds. The first kappa shape index (κ1) is 8.63. The van der Waals surface area contributed by atoms with E-state index in [1.54, 1.807) is 6.33 Å². The van der Waals surface area contributed by atoms with Crippen LogP contribution >= 0.6 is 0 Å². The first-order valence-corrected chi connectivity index (χ1v) is 4.77. The molecule has 13 heavy (non-hydrogen) atoms. The minimum Gasteiger partial charge on any atom is -0.300 e. The summed E-state index contributed by atoms with van der Waals surface area (Å²) in [6.45, 7) is 6.76. The summed E-state index contributed by atoms with van der Waals surface area (Å²) in [4.78, 5) is 10.6. The fourth-order valence-corrected chi connectivity index (χ4v) is 1.66. The van der Waals surface area contributed by atoms with Crippen molar-refractivity contribution in [1.29, 1.82) is 0 Å². The normalized spacial score (nSPS) is 19.0. The quantitative estimate of drug-likeness (QED) is 0.681. The highest BCUT2D eigenvalue weighted by Gasteiger charge is 2.30. The highest BCUT2D eigenvalue weighted by atomic mass is 15.2. The zero-order chi connectivity index (χ0) is 9.26. The summed E-state index contributed by atoms with van der Waals surface area (Å²) in [6, 6.07) is 2.68. The highest BCUT2D eigenvalue weighted by Crippen LogP contribution is 2.26. The van der Waals surface area contributed by atoms with Crippen LogP contribution < -0.4 is 0 Å². The van der Waals surface area contributed by atoms with Crippen LogP contribution in [-0.2, 0) is 0 Å². The average Bonchev–Trinajstić information content (AvgIpc) is 2.02. The van der Waals surface area contributed by atoms with Crippen LogP contribution in [0.2, 0.25) is 0 Å². The topological polar surface area (TPSA) is 29.0 Å². The molecule has 1 fully saturated rings. The van der Waals surface area contributed by atoms with E-state index in [1.807, 2.05) is 12.3 Å². The predicted molar refractivity (Wildman–Crippen MR) is 51.5 cm³/mol. The van der Waals surface area contributed by atoms with E-state index in [9.17, 15) is 0 Å². The summed E-state index contributed by atoms with van der Waals surface area (Å²) >= 11 is 0. The van der Waals surface area contributed by atoms with Crippen molar-refractivity contribution >= 4 is 0 Å². The van der Waals surface area contributed by atoms with Crippen molar-refractivity contribution in [2.75, 3.05) is 13.1 Å². The molecule has 1 aliphatic heterocycles. The number of nitrogens with zero attached hydrogens (tertiary/aromatic N) is 3. The van der Waals surface area contributed by atoms with Crippen molar-refractivity contribution in [1.82, 2.24) is 14.9 Å². The van der Waals surface area contributed by atoms with Crippen LogP contribution in [0, 0.1) is 0 Å². The minimum atomic E-state index is 0.630. The van der Waals surface area contributed by atoms with Crippen LogP contribution in [0.1, 0.15) is 25.5 Å². The Kier molecular flexibility index (Phi) is 2.27. The van der Waals surface area contributed by atoms with Crippen LogP contribution in [0.15, 0.2) is 18.6 Å². The molecule has 0 radical (unpaired) electrons. The Balaban J connectivity index is 1.94. The molecule has 2 heterocycles. The van der Waals surface area contributed by atoms with Crippen molar-refractivity contribution in [3.05, 3.63) is 24.3 Å². The molecule has 0 aromatic carbocycles. The highest BCUT2D eigenvalue weighted by molar-refractivity contribution is 5.11. The Morgan fingerprint density at radius 2 is 2.23 bits per heavy atom. The van der Waals surface area contributed by atoms with Gasteiger partial charge < -0.3 is 0 Å². The fourth-order valence-electron chi connectivity index (χ4n) is 1.66. The van der Waals surface area contributed by atoms with Gasteiger partial charge in [-0.1, -0.05) is 0 Å². The average molecular weight is 177 g/mol. The second-order valence-electron chi connectivity index (χ2n) is 3.88. The van der Waals surface area contributed by atoms with Gasteiger partial charge in [0.2, 0.25) is 0 Å². The summed E-state index contributed by atoms with van der Waals surface area (Å²) in [5.41, 5.74) is 1.19. The number of aromatic nitrogens is 2. The fraction of sp³-hybridized carbons (Fsp3) is 0.600. The van der Waals surface area contributed by atoms with Gasteiger partial charge in [0.1, 0.15) is 6.33 Å². The molecule has 1 saturated heterocycles. The SMILES string of the molecule is CC(C)N1CC(c2ccncn2)C1. The Bertz CT molecular complexity index is 265. The van der Waals surface area contributed by atoms with Gasteiger partial charge >= 0.3 is 0 Å². The second kappa shape index (κ2) is 3.42. The van der Waals surface area contributed by atoms with Crippen molar-refractivity contribution in [2.45, 2.75) is 25.8 Å². The van der Waals surface area contributed by atoms with Crippen LogP contribution in [0.25, 0.3) is 0 Å². The van der Waals surface area contributed by atoms with E-state index >= 15 is 0 Å². The molecule has 1 aliphatic rings. The third kappa shape index (κ3) is 1.70. The lowest BCUT2D eigenvalue weighted by atomic mass is 9.95. The molecule has 70 valence electrons. The first-order chi connectivity index (χ1) is 6.27. The second-order valence-corrected chi connectivity index (χ2v) is 3.88. The predicted octanol–water partition coefficient (Wildman–Crippen LogP) is 1.28. The van der Waals surface area contributed by atoms with Crippen LogP contribution in [0.4, 0.5) is 0 Å². The first-order valence-electron chi connectivity index (χ1n) is 4.77. The molecule has 3 heteroatoms. The van der Waals surface area contributed by atoms with Gasteiger partial charge in [0.25, 0.3) is 0 Å². The number of hydrogen-bond acceptors (Lipinski definition) is 3. The third-order valence-electron chi connectivity index (χ3n) is 2.66. The van der Waals surface area contributed by atoms with E-state index < -0.39 is 0 Å². The zero-order valence-corrected chi connectivity index (χ0v) is 8.14. The van der Waals surface area contributed by atoms with E-state index in [-0.39, 0.29) is 0 Å². The van der Waals surface area contributed by atoms with Gasteiger partial charge in [0.05, 0.1) is 0 Å². The van der Waals surface area contributed by atoms with Gasteiger partial charge in [0, 0.05) is 36.9 Å². The van der Waals surface area contributed by atoms with Crippen LogP contribution in [-0.4, -0.2) is 34.0 Å². The third-order valence-corrected chi connectivity index (χ3v) is 2.66. The summed E-state index contributed by atoms with van der Waals surface area (Å²) < 4.78 is 0. The monoisotopic (exact) mass is 177 g/mol. The summed E-state index contributed by atoms with van der Waals surface area (Å²) in [7, 11) is 0. The molecule has 0 bridgehead atoms. The minimum absolute atomic E-state index is 0.630. The van der Waals surface area contributed by atoms with E-state index in [2.05, 4.69) is 28.7 Å². The molecular formula is C10H15N3. The maximum absolute atomic E-state index is 4.26. The van der Waals surface area contributed by atoms with Gasteiger partial charge in [-0.2, -0.15) is 0 Å². The summed E-state index contributed by atoms with van der Waals surface area (Å²) in [6.07, 6.45) is 3.45. The van der Waals surface area contributed by atoms with E-state index in [0.717, 1.165) is 13.1 Å². The molecule has 1 aromatic heterocycles. The number of hydrogen-bond donors (Lipinski definition) is 0. The maximum Gasteiger partial charge on any atom is 0.115 e. The Morgan fingerprint density at radius 3 is 2.77 bits per heavy atom. The van der Waals surface area contributed by atoms with Gasteiger partial charge in [0.15, 0.2) is 0 Å². The molecule has 1 aromatic rings. The van der Waals surface area contributed by atoms with Crippen molar-refractivity contribution in [3.8, 4) is 0 Å². The van der Waals surface area contributed by atoms with Crippen LogP contribution in [0.5, 0.6) is 0 Å². The molecule has 0 atom stereocenters. The Labute approximate surface area is 78.8 Å². The van der Waals surface area contributed by atoms with Crippen LogP contribution in [0.3, 0.4) is 0 Å². The molecule has 0 spiro atoms. The smallest absolute Gasteiger partial charge is 0.115 e. The Morgan fingerprint density at radius 1 is 1.46 bits per heavy atom. The molecule has 0 N–H and O–H groups in total. The van der Waals surface area contributed by atoms with E-state index in [4.69, 9.17) is 0 Å². The molecule has 0 aliphatic carbocycles. The molecule has 2 rings (SSSR count). The number of rotatable bonds is 2. The lowest BCUT2D eigenvalue weighted by Gasteiger charge is -2.41. The van der Waals surface area contributed by atoms with Gasteiger partial charge in [-0.25, -0.2) is 9.97 Å². The maximum atomic E-state index is 4.26. The standard InChI is InChI=1S/C10H15N3/c1-8(2)13-5-9(6-13)10-3-4-11-7-12-10/h3-4,7-9H,5-6H2,1-2H3. The van der Waals surface area contributed by atoms with E-state index in [1.165, 1.54) is 5.69 Å². The largest absolute Gasteiger partial charge is 0.300 e. The van der Waals surface area contributed by atoms with Crippen molar-refractivity contribution < 1.29 is 0 Å². The molecule has 3 nitrogen and oxygen atoms in total. The lowest BCUT2D eigenvalue weighted by molar-refractivity contribution is 0.108. The zero-order valence-electron chi connectivity index (χ0n) is 8.14. The van der Waals surface area contributed by atoms with E-state index in [0.29, 0.717) is 12.0 Å². The molecule has 0 saturated carbocycles. The van der Waals surface area contributed by atoms with Gasteiger partial charge in [-0.15, -0.1) is 0 Å². The lowest BCUT2D eigenvalue weighted by Crippen LogP contribution is -2.48. The number of likely N-dealkylation sites (tertiary alicyclic amines) is 1. The summed E-state index contributed by atoms with van der Waals surface area (Å²) in [5.74, 6) is 0.630. The summed E-state index contributed by atoms with van der Waals surface area (Å²) in [5, 5.41) is 0. The van der Waals surface area contributed by atoms with Crippen molar-refractivity contribution in [3.63, 3.8) is 0 Å². The van der Waals surface area contributed by atoms with Gasteiger partial charge in [-0.3, -0.25) is 4.90 Å². The van der Waals surface area contributed by atoms with Gasteiger partial charge in [-0.05, 0) is 19.9 Å². The molecular weight excluding hydrogens is 162 g/mol. The molecule has 0 unspecified atom stereocenters.